The Balaban J connectivity index is 0. The maximum absolute atomic E-state index is 10.9. The molecule has 0 rings (SSSR count). The molecule has 0 saturated carbocycles. The van der Waals surface area contributed by atoms with Gasteiger partial charge in [0.25, 0.3) is 0 Å². The molecule has 0 amide bonds. The standard InChI is InChI=1S/C4H3F3.C4H11N/c1-2-3-4(5,6)7;1-3-5-4-2/h1H3;5H,3-4H2,1-2H3. The van der Waals surface area contributed by atoms with Crippen molar-refractivity contribution < 1.29 is 13.2 Å². The SMILES string of the molecule is CC#CC(F)(F)F.CCNCC. The molecule has 0 aromatic heterocycles. The van der Waals surface area contributed by atoms with E-state index in [-0.39, 0.29) is 0 Å². The Morgan fingerprint density at radius 2 is 1.58 bits per heavy atom. The molecule has 0 aromatic carbocycles. The molecule has 1 nitrogen and oxygen atoms in total. The topological polar surface area (TPSA) is 12.0 Å². The molecular formula is C8H14F3N. The smallest absolute Gasteiger partial charge is 0.317 e. The van der Waals surface area contributed by atoms with Gasteiger partial charge < -0.3 is 5.32 Å². The molecule has 0 unspecified atom stereocenters. The van der Waals surface area contributed by atoms with Crippen molar-refractivity contribution in [3.05, 3.63) is 0 Å². The van der Waals surface area contributed by atoms with Crippen molar-refractivity contribution in [2.45, 2.75) is 26.9 Å². The Bertz CT molecular complexity index is 139. The molecule has 0 atom stereocenters. The summed E-state index contributed by atoms with van der Waals surface area (Å²) in [6.07, 6.45) is -4.31. The van der Waals surface area contributed by atoms with Crippen LogP contribution < -0.4 is 5.32 Å². The zero-order chi connectivity index (χ0) is 10.0. The van der Waals surface area contributed by atoms with Crippen molar-refractivity contribution in [1.82, 2.24) is 5.32 Å². The number of nitrogens with one attached hydrogen (secondary N) is 1. The third-order valence-electron chi connectivity index (χ3n) is 0.767. The van der Waals surface area contributed by atoms with Crippen LogP contribution in [0.1, 0.15) is 20.8 Å². The van der Waals surface area contributed by atoms with Crippen LogP contribution in [0.5, 0.6) is 0 Å². The molecule has 0 fully saturated rings. The van der Waals surface area contributed by atoms with Gasteiger partial charge in [0.1, 0.15) is 0 Å². The van der Waals surface area contributed by atoms with Gasteiger partial charge in [-0.2, -0.15) is 13.2 Å². The molecule has 0 aliphatic heterocycles. The van der Waals surface area contributed by atoms with Crippen LogP contribution >= 0.6 is 0 Å². The maximum atomic E-state index is 10.9. The van der Waals surface area contributed by atoms with Crippen LogP contribution in [-0.4, -0.2) is 19.3 Å². The first kappa shape index (κ1) is 13.9. The summed E-state index contributed by atoms with van der Waals surface area (Å²) >= 11 is 0. The minimum atomic E-state index is -4.31. The number of hydrogen-bond donors (Lipinski definition) is 1. The van der Waals surface area contributed by atoms with E-state index in [9.17, 15) is 13.2 Å². The fraction of sp³-hybridized carbons (Fsp3) is 0.750. The summed E-state index contributed by atoms with van der Waals surface area (Å²) in [7, 11) is 0. The highest BCUT2D eigenvalue weighted by Gasteiger charge is 2.22. The lowest BCUT2D eigenvalue weighted by atomic mass is 10.6. The molecule has 0 aromatic rings. The Hall–Kier alpha value is -0.690. The highest BCUT2D eigenvalue weighted by atomic mass is 19.4. The Morgan fingerprint density at radius 1 is 1.17 bits per heavy atom. The van der Waals surface area contributed by atoms with Crippen molar-refractivity contribution in [3.63, 3.8) is 0 Å². The average Bonchev–Trinajstić information content (AvgIpc) is 1.87. The maximum Gasteiger partial charge on any atom is 0.457 e. The van der Waals surface area contributed by atoms with Gasteiger partial charge in [0.15, 0.2) is 0 Å². The van der Waals surface area contributed by atoms with Crippen LogP contribution in [0, 0.1) is 11.8 Å². The third-order valence-corrected chi connectivity index (χ3v) is 0.767. The van der Waals surface area contributed by atoms with Crippen LogP contribution in [-0.2, 0) is 0 Å². The molecular weight excluding hydrogens is 167 g/mol. The van der Waals surface area contributed by atoms with Gasteiger partial charge in [0.05, 0.1) is 0 Å². The molecule has 0 aliphatic carbocycles. The van der Waals surface area contributed by atoms with Crippen LogP contribution in [0.25, 0.3) is 0 Å². The van der Waals surface area contributed by atoms with Crippen LogP contribution in [0.3, 0.4) is 0 Å². The van der Waals surface area contributed by atoms with Gasteiger partial charge in [-0.3, -0.25) is 0 Å². The Morgan fingerprint density at radius 3 is 1.58 bits per heavy atom. The fourth-order valence-corrected chi connectivity index (χ4v) is 0.392. The quantitative estimate of drug-likeness (QED) is 0.644. The summed E-state index contributed by atoms with van der Waals surface area (Å²) in [5, 5.41) is 3.11. The largest absolute Gasteiger partial charge is 0.457 e. The first-order chi connectivity index (χ1) is 5.47. The lowest BCUT2D eigenvalue weighted by Gasteiger charge is -1.89. The van der Waals surface area contributed by atoms with Crippen LogP contribution in [0.15, 0.2) is 0 Å². The molecule has 0 aliphatic rings. The van der Waals surface area contributed by atoms with Crippen LogP contribution in [0.4, 0.5) is 13.2 Å². The lowest BCUT2D eigenvalue weighted by molar-refractivity contribution is -0.0697. The van der Waals surface area contributed by atoms with E-state index < -0.39 is 6.18 Å². The van der Waals surface area contributed by atoms with Crippen molar-refractivity contribution in [2.24, 2.45) is 0 Å². The summed E-state index contributed by atoms with van der Waals surface area (Å²) in [4.78, 5) is 0. The molecule has 0 spiro atoms. The van der Waals surface area contributed by atoms with E-state index in [1.807, 2.05) is 0 Å². The van der Waals surface area contributed by atoms with Gasteiger partial charge in [-0.15, -0.1) is 0 Å². The van der Waals surface area contributed by atoms with Gasteiger partial charge >= 0.3 is 6.18 Å². The van der Waals surface area contributed by atoms with E-state index in [4.69, 9.17) is 0 Å². The summed E-state index contributed by atoms with van der Waals surface area (Å²) < 4.78 is 32.6. The van der Waals surface area contributed by atoms with E-state index in [0.29, 0.717) is 0 Å². The second-order valence-electron chi connectivity index (χ2n) is 1.83. The highest BCUT2D eigenvalue weighted by Crippen LogP contribution is 2.11. The molecule has 1 N–H and O–H groups in total. The van der Waals surface area contributed by atoms with Crippen molar-refractivity contribution in [3.8, 4) is 11.8 Å². The molecule has 12 heavy (non-hydrogen) atoms. The van der Waals surface area contributed by atoms with Gasteiger partial charge in [0.2, 0.25) is 0 Å². The van der Waals surface area contributed by atoms with E-state index in [1.54, 1.807) is 5.92 Å². The fourth-order valence-electron chi connectivity index (χ4n) is 0.392. The van der Waals surface area contributed by atoms with E-state index >= 15 is 0 Å². The minimum Gasteiger partial charge on any atom is -0.317 e. The molecule has 0 bridgehead atoms. The Labute approximate surface area is 71.3 Å². The first-order valence-electron chi connectivity index (χ1n) is 3.69. The van der Waals surface area contributed by atoms with Crippen LogP contribution in [0.2, 0.25) is 0 Å². The predicted octanol–water partition coefficient (Wildman–Crippen LogP) is 2.19. The van der Waals surface area contributed by atoms with E-state index in [2.05, 4.69) is 19.2 Å². The normalized spacial score (nSPS) is 9.17. The molecule has 0 heterocycles. The number of alkyl halides is 3. The first-order valence-corrected chi connectivity index (χ1v) is 3.69. The molecule has 0 saturated heterocycles. The summed E-state index contributed by atoms with van der Waals surface area (Å²) in [5.74, 6) is 2.77. The van der Waals surface area contributed by atoms with Crippen molar-refractivity contribution >= 4 is 0 Å². The monoisotopic (exact) mass is 181 g/mol. The predicted molar refractivity (Wildman–Crippen MR) is 43.7 cm³/mol. The van der Waals surface area contributed by atoms with Gasteiger partial charge in [-0.05, 0) is 20.0 Å². The van der Waals surface area contributed by atoms with Gasteiger partial charge in [-0.25, -0.2) is 0 Å². The lowest BCUT2D eigenvalue weighted by Crippen LogP contribution is -2.09. The van der Waals surface area contributed by atoms with Gasteiger partial charge in [0, 0.05) is 5.92 Å². The van der Waals surface area contributed by atoms with Gasteiger partial charge in [-0.1, -0.05) is 19.8 Å². The summed E-state index contributed by atoms with van der Waals surface area (Å²) in [6.45, 7) is 7.54. The van der Waals surface area contributed by atoms with E-state index in [1.165, 1.54) is 0 Å². The summed E-state index contributed by atoms with van der Waals surface area (Å²) in [6, 6.07) is 0. The Kier molecular flexibility index (Phi) is 9.72. The third kappa shape index (κ3) is 22.8. The zero-order valence-corrected chi connectivity index (χ0v) is 7.55. The van der Waals surface area contributed by atoms with E-state index in [0.717, 1.165) is 25.9 Å². The van der Waals surface area contributed by atoms with Crippen molar-refractivity contribution in [2.75, 3.05) is 13.1 Å². The zero-order valence-electron chi connectivity index (χ0n) is 7.55. The second-order valence-corrected chi connectivity index (χ2v) is 1.83. The number of halogens is 3. The molecule has 0 radical (unpaired) electrons. The number of hydrogen-bond acceptors (Lipinski definition) is 1. The number of rotatable bonds is 2. The highest BCUT2D eigenvalue weighted by molar-refractivity contribution is 5.01. The van der Waals surface area contributed by atoms with Crippen molar-refractivity contribution in [1.29, 1.82) is 0 Å². The minimum absolute atomic E-state index is 1.03. The molecule has 4 heteroatoms. The second kappa shape index (κ2) is 8.41. The molecule has 72 valence electrons. The summed E-state index contributed by atoms with van der Waals surface area (Å²) in [5.41, 5.74) is 0. The average molecular weight is 181 g/mol.